The van der Waals surface area contributed by atoms with Crippen LogP contribution in [0.4, 0.5) is 5.69 Å². The molecule has 1 aromatic carbocycles. The van der Waals surface area contributed by atoms with Gasteiger partial charge in [-0.05, 0) is 62.6 Å². The molecule has 0 atom stereocenters. The van der Waals surface area contributed by atoms with Crippen LogP contribution in [0.2, 0.25) is 0 Å². The highest BCUT2D eigenvalue weighted by molar-refractivity contribution is 9.11. The SMILES string of the molecule is C=CC(=O)Nc1c(Br)cc(C)cc1Br. The fraction of sp³-hybridized carbons (Fsp3) is 0.100. The molecule has 4 heteroatoms. The maximum Gasteiger partial charge on any atom is 0.247 e. The number of nitrogens with one attached hydrogen (secondary N) is 1. The lowest BCUT2D eigenvalue weighted by atomic mass is 10.2. The molecule has 0 fully saturated rings. The lowest BCUT2D eigenvalue weighted by molar-refractivity contribution is -0.111. The van der Waals surface area contributed by atoms with Crippen LogP contribution in [0.3, 0.4) is 0 Å². The Bertz CT molecular complexity index is 365. The van der Waals surface area contributed by atoms with E-state index < -0.39 is 0 Å². The van der Waals surface area contributed by atoms with E-state index in [2.05, 4.69) is 43.8 Å². The van der Waals surface area contributed by atoms with Gasteiger partial charge in [0.05, 0.1) is 5.69 Å². The van der Waals surface area contributed by atoms with E-state index in [1.807, 2.05) is 19.1 Å². The van der Waals surface area contributed by atoms with Crippen molar-refractivity contribution in [2.45, 2.75) is 6.92 Å². The smallest absolute Gasteiger partial charge is 0.247 e. The van der Waals surface area contributed by atoms with Gasteiger partial charge in [-0.15, -0.1) is 0 Å². The fourth-order valence-corrected chi connectivity index (χ4v) is 2.61. The van der Waals surface area contributed by atoms with Gasteiger partial charge in [0.15, 0.2) is 0 Å². The molecule has 0 spiro atoms. The molecule has 0 aliphatic carbocycles. The van der Waals surface area contributed by atoms with Crippen molar-refractivity contribution in [3.8, 4) is 0 Å². The van der Waals surface area contributed by atoms with Crippen LogP contribution >= 0.6 is 31.9 Å². The Hall–Kier alpha value is -0.610. The van der Waals surface area contributed by atoms with E-state index in [0.717, 1.165) is 20.2 Å². The van der Waals surface area contributed by atoms with Crippen LogP contribution in [0.5, 0.6) is 0 Å². The second-order valence-corrected chi connectivity index (χ2v) is 4.51. The van der Waals surface area contributed by atoms with Crippen LogP contribution in [-0.4, -0.2) is 5.91 Å². The summed E-state index contributed by atoms with van der Waals surface area (Å²) < 4.78 is 1.69. The lowest BCUT2D eigenvalue weighted by Gasteiger charge is -2.08. The number of anilines is 1. The molecule has 0 heterocycles. The van der Waals surface area contributed by atoms with E-state index in [1.54, 1.807) is 0 Å². The van der Waals surface area contributed by atoms with Crippen molar-refractivity contribution in [1.82, 2.24) is 0 Å². The number of aryl methyl sites for hydroxylation is 1. The van der Waals surface area contributed by atoms with Crippen molar-refractivity contribution in [1.29, 1.82) is 0 Å². The van der Waals surface area contributed by atoms with Gasteiger partial charge < -0.3 is 5.32 Å². The molecule has 2 nitrogen and oxygen atoms in total. The number of carbonyl (C=O) groups is 1. The van der Waals surface area contributed by atoms with Crippen LogP contribution in [0.1, 0.15) is 5.56 Å². The van der Waals surface area contributed by atoms with E-state index >= 15 is 0 Å². The van der Waals surface area contributed by atoms with Gasteiger partial charge in [0.1, 0.15) is 0 Å². The summed E-state index contributed by atoms with van der Waals surface area (Å²) in [6.45, 7) is 5.37. The monoisotopic (exact) mass is 317 g/mol. The van der Waals surface area contributed by atoms with E-state index in [-0.39, 0.29) is 5.91 Å². The standard InChI is InChI=1S/C10H9Br2NO/c1-3-9(14)13-10-7(11)4-6(2)5-8(10)12/h3-5H,1H2,2H3,(H,13,14). The first-order valence-electron chi connectivity index (χ1n) is 3.93. The Labute approximate surface area is 99.6 Å². The van der Waals surface area contributed by atoms with Crippen molar-refractivity contribution in [3.05, 3.63) is 39.3 Å². The first-order chi connectivity index (χ1) is 6.54. The summed E-state index contributed by atoms with van der Waals surface area (Å²) in [5.41, 5.74) is 1.83. The minimum atomic E-state index is -0.227. The number of benzene rings is 1. The molecule has 1 amide bonds. The first kappa shape index (κ1) is 11.5. The zero-order valence-corrected chi connectivity index (χ0v) is 10.8. The molecule has 0 unspecified atom stereocenters. The maximum atomic E-state index is 11.1. The highest BCUT2D eigenvalue weighted by atomic mass is 79.9. The van der Waals surface area contributed by atoms with Gasteiger partial charge in [-0.1, -0.05) is 6.58 Å². The number of hydrogen-bond donors (Lipinski definition) is 1. The summed E-state index contributed by atoms with van der Waals surface area (Å²) in [7, 11) is 0. The zero-order valence-electron chi connectivity index (χ0n) is 7.60. The Morgan fingerprint density at radius 3 is 2.36 bits per heavy atom. The third-order valence-corrected chi connectivity index (χ3v) is 2.87. The van der Waals surface area contributed by atoms with Crippen molar-refractivity contribution in [2.75, 3.05) is 5.32 Å². The Morgan fingerprint density at radius 1 is 1.43 bits per heavy atom. The third kappa shape index (κ3) is 2.69. The molecule has 1 N–H and O–H groups in total. The van der Waals surface area contributed by atoms with E-state index in [0.29, 0.717) is 0 Å². The van der Waals surface area contributed by atoms with Gasteiger partial charge in [0.2, 0.25) is 5.91 Å². The molecule has 1 rings (SSSR count). The van der Waals surface area contributed by atoms with Crippen molar-refractivity contribution >= 4 is 43.5 Å². The summed E-state index contributed by atoms with van der Waals surface area (Å²) in [5, 5.41) is 2.70. The molecule has 74 valence electrons. The van der Waals surface area contributed by atoms with Crippen LogP contribution in [0.25, 0.3) is 0 Å². The second-order valence-electron chi connectivity index (χ2n) is 2.80. The van der Waals surface area contributed by atoms with Crippen LogP contribution in [0.15, 0.2) is 33.7 Å². The van der Waals surface area contributed by atoms with Crippen molar-refractivity contribution < 1.29 is 4.79 Å². The van der Waals surface area contributed by atoms with Gasteiger partial charge in [-0.25, -0.2) is 0 Å². The quantitative estimate of drug-likeness (QED) is 0.829. The number of carbonyl (C=O) groups excluding carboxylic acids is 1. The molecule has 0 radical (unpaired) electrons. The molecular weight excluding hydrogens is 310 g/mol. The predicted octanol–water partition coefficient (Wildman–Crippen LogP) is 3.64. The second kappa shape index (κ2) is 4.75. The molecule has 0 saturated carbocycles. The normalized spacial score (nSPS) is 9.64. The Kier molecular flexibility index (Phi) is 3.89. The number of amides is 1. The predicted molar refractivity (Wildman–Crippen MR) is 65.4 cm³/mol. The van der Waals surface area contributed by atoms with Crippen LogP contribution < -0.4 is 5.32 Å². The van der Waals surface area contributed by atoms with Gasteiger partial charge >= 0.3 is 0 Å². The van der Waals surface area contributed by atoms with E-state index in [9.17, 15) is 4.79 Å². The van der Waals surface area contributed by atoms with Gasteiger partial charge in [0.25, 0.3) is 0 Å². The molecular formula is C10H9Br2NO. The topological polar surface area (TPSA) is 29.1 Å². The fourth-order valence-electron chi connectivity index (χ4n) is 0.994. The summed E-state index contributed by atoms with van der Waals surface area (Å²) in [6, 6.07) is 3.87. The molecule has 0 aliphatic heterocycles. The molecule has 0 aromatic heterocycles. The zero-order chi connectivity index (χ0) is 10.7. The average Bonchev–Trinajstić information content (AvgIpc) is 2.10. The first-order valence-corrected chi connectivity index (χ1v) is 5.52. The van der Waals surface area contributed by atoms with E-state index in [1.165, 1.54) is 6.08 Å². The summed E-state index contributed by atoms with van der Waals surface area (Å²) >= 11 is 6.75. The molecule has 0 aliphatic rings. The van der Waals surface area contributed by atoms with Gasteiger partial charge in [0, 0.05) is 8.95 Å². The van der Waals surface area contributed by atoms with E-state index in [4.69, 9.17) is 0 Å². The number of hydrogen-bond acceptors (Lipinski definition) is 1. The number of halogens is 2. The number of rotatable bonds is 2. The van der Waals surface area contributed by atoms with Crippen LogP contribution in [0, 0.1) is 6.92 Å². The summed E-state index contributed by atoms with van der Waals surface area (Å²) in [5.74, 6) is -0.227. The van der Waals surface area contributed by atoms with Gasteiger partial charge in [-0.3, -0.25) is 4.79 Å². The summed E-state index contributed by atoms with van der Waals surface area (Å²) in [6.07, 6.45) is 1.23. The molecule has 0 bridgehead atoms. The van der Waals surface area contributed by atoms with Gasteiger partial charge in [-0.2, -0.15) is 0 Å². The average molecular weight is 319 g/mol. The largest absolute Gasteiger partial charge is 0.321 e. The maximum absolute atomic E-state index is 11.1. The minimum Gasteiger partial charge on any atom is -0.321 e. The highest BCUT2D eigenvalue weighted by Crippen LogP contribution is 2.32. The van der Waals surface area contributed by atoms with Crippen LogP contribution in [-0.2, 0) is 4.79 Å². The Balaban J connectivity index is 3.08. The summed E-state index contributed by atoms with van der Waals surface area (Å²) in [4.78, 5) is 11.1. The van der Waals surface area contributed by atoms with Crippen molar-refractivity contribution in [3.63, 3.8) is 0 Å². The molecule has 0 saturated heterocycles. The molecule has 14 heavy (non-hydrogen) atoms. The third-order valence-electron chi connectivity index (χ3n) is 1.62. The highest BCUT2D eigenvalue weighted by Gasteiger charge is 2.07. The lowest BCUT2D eigenvalue weighted by Crippen LogP contribution is -2.08. The molecule has 1 aromatic rings. The van der Waals surface area contributed by atoms with Crippen molar-refractivity contribution in [2.24, 2.45) is 0 Å². The minimum absolute atomic E-state index is 0.227. The Morgan fingerprint density at radius 2 is 1.93 bits per heavy atom.